The van der Waals surface area contributed by atoms with Crippen molar-refractivity contribution in [3.63, 3.8) is 0 Å². The Balaban J connectivity index is 1.31. The third kappa shape index (κ3) is 6.34. The number of carbonyl (C=O) groups is 1. The molecule has 0 radical (unpaired) electrons. The number of amides is 1. The molecule has 0 aliphatic carbocycles. The summed E-state index contributed by atoms with van der Waals surface area (Å²) in [5.41, 5.74) is 2.53. The number of methoxy groups -OCH3 is 1. The van der Waals surface area contributed by atoms with Gasteiger partial charge in [-0.05, 0) is 61.6 Å². The fraction of sp³-hybridized carbons (Fsp3) is 0.478. The molecule has 28 heavy (non-hydrogen) atoms. The average Bonchev–Trinajstić information content (AvgIpc) is 2.75. The van der Waals surface area contributed by atoms with E-state index in [1.54, 1.807) is 13.3 Å². The molecule has 2 aromatic rings. The Morgan fingerprint density at radius 3 is 2.57 bits per heavy atom. The van der Waals surface area contributed by atoms with Gasteiger partial charge in [0, 0.05) is 45.0 Å². The number of aromatic nitrogens is 1. The van der Waals surface area contributed by atoms with Crippen LogP contribution in [-0.4, -0.2) is 60.5 Å². The number of ether oxygens (including phenoxy) is 1. The SMILES string of the molecule is COc1cccc(CCCN2CCN(C(=O)CCCc3cccnc3)CC2)c1. The van der Waals surface area contributed by atoms with Crippen LogP contribution in [0.25, 0.3) is 0 Å². The summed E-state index contributed by atoms with van der Waals surface area (Å²) in [4.78, 5) is 21.1. The lowest BCUT2D eigenvalue weighted by Crippen LogP contribution is -2.48. The van der Waals surface area contributed by atoms with Crippen molar-refractivity contribution in [3.8, 4) is 5.75 Å². The van der Waals surface area contributed by atoms with Crippen molar-refractivity contribution >= 4 is 5.91 Å². The van der Waals surface area contributed by atoms with E-state index in [2.05, 4.69) is 28.1 Å². The van der Waals surface area contributed by atoms with Crippen LogP contribution in [0.2, 0.25) is 0 Å². The van der Waals surface area contributed by atoms with Gasteiger partial charge in [-0.1, -0.05) is 18.2 Å². The first kappa shape index (κ1) is 20.3. The number of hydrogen-bond acceptors (Lipinski definition) is 4. The zero-order valence-electron chi connectivity index (χ0n) is 16.8. The van der Waals surface area contributed by atoms with Crippen LogP contribution < -0.4 is 4.74 Å². The Kier molecular flexibility index (Phi) is 7.85. The molecule has 3 rings (SSSR count). The minimum atomic E-state index is 0.292. The number of benzene rings is 1. The molecule has 150 valence electrons. The molecule has 1 aliphatic heterocycles. The zero-order chi connectivity index (χ0) is 19.6. The van der Waals surface area contributed by atoms with Gasteiger partial charge in [0.1, 0.15) is 5.75 Å². The molecule has 1 saturated heterocycles. The molecule has 1 amide bonds. The van der Waals surface area contributed by atoms with E-state index in [-0.39, 0.29) is 0 Å². The van der Waals surface area contributed by atoms with Crippen molar-refractivity contribution in [2.24, 2.45) is 0 Å². The fourth-order valence-corrected chi connectivity index (χ4v) is 3.70. The van der Waals surface area contributed by atoms with Crippen molar-refractivity contribution in [1.82, 2.24) is 14.8 Å². The van der Waals surface area contributed by atoms with Crippen molar-refractivity contribution in [2.75, 3.05) is 39.8 Å². The lowest BCUT2D eigenvalue weighted by atomic mass is 10.1. The smallest absolute Gasteiger partial charge is 0.222 e. The molecule has 0 N–H and O–H groups in total. The van der Waals surface area contributed by atoms with Crippen LogP contribution in [0.4, 0.5) is 0 Å². The van der Waals surface area contributed by atoms with Gasteiger partial charge in [0.2, 0.25) is 5.91 Å². The van der Waals surface area contributed by atoms with Gasteiger partial charge >= 0.3 is 0 Å². The fourth-order valence-electron chi connectivity index (χ4n) is 3.70. The monoisotopic (exact) mass is 381 g/mol. The van der Waals surface area contributed by atoms with Crippen LogP contribution in [-0.2, 0) is 17.6 Å². The highest BCUT2D eigenvalue weighted by atomic mass is 16.5. The molecule has 5 heteroatoms. The Morgan fingerprint density at radius 2 is 1.82 bits per heavy atom. The highest BCUT2D eigenvalue weighted by Gasteiger charge is 2.20. The molecule has 0 saturated carbocycles. The number of pyridine rings is 1. The van der Waals surface area contributed by atoms with Gasteiger partial charge in [-0.15, -0.1) is 0 Å². The summed E-state index contributed by atoms with van der Waals surface area (Å²) < 4.78 is 5.29. The summed E-state index contributed by atoms with van der Waals surface area (Å²) in [5, 5.41) is 0. The number of rotatable bonds is 9. The summed E-state index contributed by atoms with van der Waals surface area (Å²) in [5.74, 6) is 1.22. The third-order valence-electron chi connectivity index (χ3n) is 5.38. The van der Waals surface area contributed by atoms with Crippen molar-refractivity contribution in [3.05, 3.63) is 59.9 Å². The standard InChI is InChI=1S/C23H31N3O2/c1-28-22-10-2-6-20(18-22)9-5-13-25-14-16-26(17-15-25)23(27)11-3-7-21-8-4-12-24-19-21/h2,4,6,8,10,12,18-19H,3,5,7,9,11,13-17H2,1H3. The second kappa shape index (κ2) is 10.8. The maximum absolute atomic E-state index is 12.4. The van der Waals surface area contributed by atoms with Crippen molar-refractivity contribution in [1.29, 1.82) is 0 Å². The maximum atomic E-state index is 12.4. The molecule has 1 fully saturated rings. The molecule has 2 heterocycles. The molecule has 0 spiro atoms. The van der Waals surface area contributed by atoms with Crippen LogP contribution in [0.5, 0.6) is 5.75 Å². The topological polar surface area (TPSA) is 45.7 Å². The lowest BCUT2D eigenvalue weighted by Gasteiger charge is -2.34. The quantitative estimate of drug-likeness (QED) is 0.669. The third-order valence-corrected chi connectivity index (χ3v) is 5.38. The minimum Gasteiger partial charge on any atom is -0.497 e. The van der Waals surface area contributed by atoms with E-state index >= 15 is 0 Å². The minimum absolute atomic E-state index is 0.292. The van der Waals surface area contributed by atoms with Crippen LogP contribution in [0, 0.1) is 0 Å². The number of aryl methyl sites for hydroxylation is 2. The van der Waals surface area contributed by atoms with Gasteiger partial charge in [-0.25, -0.2) is 0 Å². The van der Waals surface area contributed by atoms with Gasteiger partial charge < -0.3 is 9.64 Å². The Hall–Kier alpha value is -2.40. The van der Waals surface area contributed by atoms with Crippen LogP contribution >= 0.6 is 0 Å². The molecule has 0 unspecified atom stereocenters. The predicted octanol–water partition coefficient (Wildman–Crippen LogP) is 3.19. The van der Waals surface area contributed by atoms with Crippen LogP contribution in [0.3, 0.4) is 0 Å². The van der Waals surface area contributed by atoms with E-state index in [1.807, 2.05) is 29.3 Å². The van der Waals surface area contributed by atoms with Crippen molar-refractivity contribution < 1.29 is 9.53 Å². The molecule has 1 aromatic carbocycles. The van der Waals surface area contributed by atoms with E-state index in [0.29, 0.717) is 12.3 Å². The number of hydrogen-bond donors (Lipinski definition) is 0. The van der Waals surface area contributed by atoms with Gasteiger partial charge in [-0.2, -0.15) is 0 Å². The molecule has 1 aromatic heterocycles. The number of piperazine rings is 1. The second-order valence-electron chi connectivity index (χ2n) is 7.39. The predicted molar refractivity (Wildman–Crippen MR) is 112 cm³/mol. The normalized spacial score (nSPS) is 14.8. The van der Waals surface area contributed by atoms with Gasteiger partial charge in [0.25, 0.3) is 0 Å². The first-order valence-electron chi connectivity index (χ1n) is 10.3. The first-order chi connectivity index (χ1) is 13.7. The van der Waals surface area contributed by atoms with E-state index in [0.717, 1.165) is 64.2 Å². The van der Waals surface area contributed by atoms with E-state index in [9.17, 15) is 4.79 Å². The maximum Gasteiger partial charge on any atom is 0.222 e. The molecule has 0 bridgehead atoms. The van der Waals surface area contributed by atoms with Gasteiger partial charge in [-0.3, -0.25) is 14.7 Å². The highest BCUT2D eigenvalue weighted by Crippen LogP contribution is 2.14. The summed E-state index contributed by atoms with van der Waals surface area (Å²) in [6, 6.07) is 12.3. The summed E-state index contributed by atoms with van der Waals surface area (Å²) in [6.07, 6.45) is 8.30. The Morgan fingerprint density at radius 1 is 1.04 bits per heavy atom. The van der Waals surface area contributed by atoms with Gasteiger partial charge in [0.05, 0.1) is 7.11 Å². The molecule has 0 atom stereocenters. The first-order valence-corrected chi connectivity index (χ1v) is 10.3. The van der Waals surface area contributed by atoms with E-state index in [1.165, 1.54) is 11.1 Å². The van der Waals surface area contributed by atoms with E-state index < -0.39 is 0 Å². The lowest BCUT2D eigenvalue weighted by molar-refractivity contribution is -0.133. The Labute approximate surface area is 168 Å². The molecular formula is C23H31N3O2. The second-order valence-corrected chi connectivity index (χ2v) is 7.39. The number of carbonyl (C=O) groups excluding carboxylic acids is 1. The van der Waals surface area contributed by atoms with Crippen LogP contribution in [0.15, 0.2) is 48.8 Å². The highest BCUT2D eigenvalue weighted by molar-refractivity contribution is 5.76. The molecular weight excluding hydrogens is 350 g/mol. The molecule has 5 nitrogen and oxygen atoms in total. The summed E-state index contributed by atoms with van der Waals surface area (Å²) in [6.45, 7) is 4.74. The largest absolute Gasteiger partial charge is 0.497 e. The summed E-state index contributed by atoms with van der Waals surface area (Å²) in [7, 11) is 1.71. The zero-order valence-corrected chi connectivity index (χ0v) is 16.8. The van der Waals surface area contributed by atoms with Crippen molar-refractivity contribution in [2.45, 2.75) is 32.1 Å². The number of nitrogens with zero attached hydrogens (tertiary/aromatic N) is 3. The average molecular weight is 382 g/mol. The summed E-state index contributed by atoms with van der Waals surface area (Å²) >= 11 is 0. The van der Waals surface area contributed by atoms with Crippen LogP contribution in [0.1, 0.15) is 30.4 Å². The van der Waals surface area contributed by atoms with E-state index in [4.69, 9.17) is 4.74 Å². The van der Waals surface area contributed by atoms with Gasteiger partial charge in [0.15, 0.2) is 0 Å². The Bertz CT molecular complexity index is 728. The molecule has 1 aliphatic rings.